The lowest BCUT2D eigenvalue weighted by atomic mass is 10.2. The van der Waals surface area contributed by atoms with Gasteiger partial charge >= 0.3 is 0 Å². The number of sulfonamides is 1. The maximum atomic E-state index is 14.4. The normalized spacial score (nSPS) is 14.6. The molecule has 1 N–H and O–H groups in total. The number of hydrogen-bond acceptors (Lipinski definition) is 5. The summed E-state index contributed by atoms with van der Waals surface area (Å²) >= 11 is 0. The van der Waals surface area contributed by atoms with Gasteiger partial charge in [-0.05, 0) is 48.0 Å². The van der Waals surface area contributed by atoms with Crippen LogP contribution in [0.5, 0.6) is 11.5 Å². The zero-order valence-corrected chi connectivity index (χ0v) is 18.6. The Morgan fingerprint density at radius 3 is 2.45 bits per heavy atom. The van der Waals surface area contributed by atoms with Gasteiger partial charge in [0.25, 0.3) is 5.91 Å². The third-order valence-corrected chi connectivity index (χ3v) is 7.03. The van der Waals surface area contributed by atoms with Gasteiger partial charge < -0.3 is 14.8 Å². The van der Waals surface area contributed by atoms with Gasteiger partial charge in [0.1, 0.15) is 22.2 Å². The second-order valence-electron chi connectivity index (χ2n) is 7.41. The zero-order valence-electron chi connectivity index (χ0n) is 17.7. The molecule has 0 aliphatic carbocycles. The van der Waals surface area contributed by atoms with Crippen LogP contribution in [0, 0.1) is 5.82 Å². The Morgan fingerprint density at radius 1 is 0.970 bits per heavy atom. The fourth-order valence-electron chi connectivity index (χ4n) is 3.40. The Balaban J connectivity index is 1.45. The second kappa shape index (κ2) is 10.1. The number of benzene rings is 3. The number of nitrogens with zero attached hydrogens (tertiary/aromatic N) is 1. The van der Waals surface area contributed by atoms with Crippen molar-refractivity contribution in [2.75, 3.05) is 26.3 Å². The van der Waals surface area contributed by atoms with E-state index in [1.165, 1.54) is 6.07 Å². The van der Waals surface area contributed by atoms with Crippen molar-refractivity contribution in [3.05, 3.63) is 89.7 Å². The van der Waals surface area contributed by atoms with Crippen LogP contribution in [0.4, 0.5) is 4.39 Å². The van der Waals surface area contributed by atoms with Crippen molar-refractivity contribution in [2.24, 2.45) is 0 Å². The molecule has 0 saturated carbocycles. The molecule has 7 nitrogen and oxygen atoms in total. The first kappa shape index (κ1) is 22.9. The van der Waals surface area contributed by atoms with Crippen molar-refractivity contribution >= 4 is 15.9 Å². The van der Waals surface area contributed by atoms with Gasteiger partial charge in [-0.3, -0.25) is 4.79 Å². The van der Waals surface area contributed by atoms with Crippen LogP contribution in [0.15, 0.2) is 77.7 Å². The van der Waals surface area contributed by atoms with Crippen LogP contribution >= 0.6 is 0 Å². The number of nitrogens with one attached hydrogen (secondary N) is 1. The van der Waals surface area contributed by atoms with E-state index in [0.29, 0.717) is 11.5 Å². The lowest BCUT2D eigenvalue weighted by molar-refractivity contribution is 0.0729. The molecule has 0 spiro atoms. The Bertz CT molecular complexity index is 1230. The van der Waals surface area contributed by atoms with E-state index in [1.807, 2.05) is 42.5 Å². The standard InChI is InChI=1S/C24H23FN2O5S/c25-22-10-9-19(16-23(22)33(29,30)27-11-13-31-14-12-27)24(28)26-17-18-5-4-8-21(15-18)32-20-6-2-1-3-7-20/h1-10,15-16H,11-14,17H2,(H,26,28). The van der Waals surface area contributed by atoms with Crippen LogP contribution in [-0.2, 0) is 21.3 Å². The van der Waals surface area contributed by atoms with E-state index in [1.54, 1.807) is 12.1 Å². The summed E-state index contributed by atoms with van der Waals surface area (Å²) in [7, 11) is -4.07. The van der Waals surface area contributed by atoms with Gasteiger partial charge in [-0.15, -0.1) is 0 Å². The number of hydrogen-bond donors (Lipinski definition) is 1. The molecule has 1 amide bonds. The van der Waals surface area contributed by atoms with Crippen LogP contribution < -0.4 is 10.1 Å². The van der Waals surface area contributed by atoms with Gasteiger partial charge in [0.2, 0.25) is 10.0 Å². The highest BCUT2D eigenvalue weighted by molar-refractivity contribution is 7.89. The minimum Gasteiger partial charge on any atom is -0.457 e. The predicted octanol–water partition coefficient (Wildman–Crippen LogP) is 3.57. The molecular formula is C24H23FN2O5S. The van der Waals surface area contributed by atoms with Gasteiger partial charge in [0, 0.05) is 25.2 Å². The maximum absolute atomic E-state index is 14.4. The Hall–Kier alpha value is -3.27. The number of morpholine rings is 1. The molecule has 0 atom stereocenters. The molecule has 3 aromatic rings. The highest BCUT2D eigenvalue weighted by Crippen LogP contribution is 2.23. The summed E-state index contributed by atoms with van der Waals surface area (Å²) in [6, 6.07) is 19.9. The van der Waals surface area contributed by atoms with Crippen molar-refractivity contribution < 1.29 is 27.1 Å². The van der Waals surface area contributed by atoms with Gasteiger partial charge in [0.15, 0.2) is 0 Å². The van der Waals surface area contributed by atoms with Crippen molar-refractivity contribution in [3.63, 3.8) is 0 Å². The van der Waals surface area contributed by atoms with E-state index >= 15 is 0 Å². The summed E-state index contributed by atoms with van der Waals surface area (Å²) < 4.78 is 52.2. The summed E-state index contributed by atoms with van der Waals surface area (Å²) in [6.07, 6.45) is 0. The largest absolute Gasteiger partial charge is 0.457 e. The first-order valence-corrected chi connectivity index (χ1v) is 11.8. The molecule has 4 rings (SSSR count). The second-order valence-corrected chi connectivity index (χ2v) is 9.31. The van der Waals surface area contributed by atoms with Crippen molar-refractivity contribution in [1.29, 1.82) is 0 Å². The molecule has 0 bridgehead atoms. The lowest BCUT2D eigenvalue weighted by Crippen LogP contribution is -2.41. The van der Waals surface area contributed by atoms with Crippen molar-refractivity contribution in [2.45, 2.75) is 11.4 Å². The summed E-state index contributed by atoms with van der Waals surface area (Å²) in [5, 5.41) is 2.74. The number of rotatable bonds is 7. The van der Waals surface area contributed by atoms with Crippen LogP contribution in [0.2, 0.25) is 0 Å². The molecular weight excluding hydrogens is 447 g/mol. The molecule has 1 aliphatic heterocycles. The Labute approximate surface area is 191 Å². The van der Waals surface area contributed by atoms with Crippen LogP contribution in [0.1, 0.15) is 15.9 Å². The number of para-hydroxylation sites is 1. The van der Waals surface area contributed by atoms with E-state index in [-0.39, 0.29) is 38.4 Å². The molecule has 33 heavy (non-hydrogen) atoms. The fraction of sp³-hybridized carbons (Fsp3) is 0.208. The Morgan fingerprint density at radius 2 is 1.70 bits per heavy atom. The summed E-state index contributed by atoms with van der Waals surface area (Å²) in [5.74, 6) is -0.0979. The fourth-order valence-corrected chi connectivity index (χ4v) is 4.89. The molecule has 1 aliphatic rings. The average molecular weight is 471 g/mol. The van der Waals surface area contributed by atoms with Gasteiger partial charge in [-0.1, -0.05) is 30.3 Å². The van der Waals surface area contributed by atoms with Crippen LogP contribution in [0.3, 0.4) is 0 Å². The summed E-state index contributed by atoms with van der Waals surface area (Å²) in [6.45, 7) is 0.953. The van der Waals surface area contributed by atoms with Crippen molar-refractivity contribution in [3.8, 4) is 11.5 Å². The smallest absolute Gasteiger partial charge is 0.251 e. The third-order valence-electron chi connectivity index (χ3n) is 5.11. The molecule has 3 aromatic carbocycles. The molecule has 0 radical (unpaired) electrons. The number of carbonyl (C=O) groups excluding carboxylic acids is 1. The number of amides is 1. The van der Waals surface area contributed by atoms with E-state index in [4.69, 9.17) is 9.47 Å². The SMILES string of the molecule is O=C(NCc1cccc(Oc2ccccc2)c1)c1ccc(F)c(S(=O)(=O)N2CCOCC2)c1. The first-order chi connectivity index (χ1) is 15.9. The molecule has 172 valence electrons. The minimum atomic E-state index is -4.07. The molecule has 0 unspecified atom stereocenters. The van der Waals surface area contributed by atoms with Gasteiger partial charge in [-0.2, -0.15) is 4.31 Å². The average Bonchev–Trinajstić information content (AvgIpc) is 2.84. The molecule has 1 fully saturated rings. The van der Waals surface area contributed by atoms with Crippen LogP contribution in [-0.4, -0.2) is 44.9 Å². The van der Waals surface area contributed by atoms with Gasteiger partial charge in [0.05, 0.1) is 13.2 Å². The summed E-state index contributed by atoms with van der Waals surface area (Å²) in [4.78, 5) is 12.1. The molecule has 1 saturated heterocycles. The lowest BCUT2D eigenvalue weighted by Gasteiger charge is -2.26. The van der Waals surface area contributed by atoms with E-state index in [2.05, 4.69) is 5.32 Å². The number of halogens is 1. The van der Waals surface area contributed by atoms with Crippen molar-refractivity contribution in [1.82, 2.24) is 9.62 Å². The highest BCUT2D eigenvalue weighted by Gasteiger charge is 2.29. The highest BCUT2D eigenvalue weighted by atomic mass is 32.2. The monoisotopic (exact) mass is 470 g/mol. The molecule has 9 heteroatoms. The maximum Gasteiger partial charge on any atom is 0.251 e. The van der Waals surface area contributed by atoms with E-state index < -0.39 is 26.6 Å². The van der Waals surface area contributed by atoms with Crippen LogP contribution in [0.25, 0.3) is 0 Å². The third kappa shape index (κ3) is 5.57. The molecule has 1 heterocycles. The summed E-state index contributed by atoms with van der Waals surface area (Å²) in [5.41, 5.74) is 0.847. The minimum absolute atomic E-state index is 0.0555. The number of carbonyl (C=O) groups is 1. The predicted molar refractivity (Wildman–Crippen MR) is 120 cm³/mol. The first-order valence-electron chi connectivity index (χ1n) is 10.4. The van der Waals surface area contributed by atoms with Gasteiger partial charge in [-0.25, -0.2) is 12.8 Å². The van der Waals surface area contributed by atoms with E-state index in [9.17, 15) is 17.6 Å². The topological polar surface area (TPSA) is 84.9 Å². The quantitative estimate of drug-likeness (QED) is 0.571. The Kier molecular flexibility index (Phi) is 7.02. The number of ether oxygens (including phenoxy) is 2. The van der Waals surface area contributed by atoms with E-state index in [0.717, 1.165) is 22.0 Å². The molecule has 0 aromatic heterocycles. The zero-order chi connectivity index (χ0) is 23.3.